The third-order valence-electron chi connectivity index (χ3n) is 8.00. The number of benzene rings is 2. The van der Waals surface area contributed by atoms with Crippen LogP contribution in [0.5, 0.6) is 5.75 Å². The van der Waals surface area contributed by atoms with Crippen LogP contribution in [-0.4, -0.2) is 62.9 Å². The number of rotatable bonds is 7. The minimum atomic E-state index is 0.104. The monoisotopic (exact) mass is 612 g/mol. The number of ether oxygens (including phenoxy) is 1. The molecule has 2 fully saturated rings. The number of halogens is 1. The fraction of sp³-hybridized carbons (Fsp3) is 0.312. The minimum Gasteiger partial charge on any atom is -0.485 e. The molecule has 0 saturated carbocycles. The number of likely N-dealkylation sites (tertiary alicyclic amines) is 2. The summed E-state index contributed by atoms with van der Waals surface area (Å²) in [5.41, 5.74) is 11.5. The number of aromatic nitrogens is 3. The second kappa shape index (κ2) is 12.4. The zero-order valence-electron chi connectivity index (χ0n) is 22.9. The van der Waals surface area contributed by atoms with Crippen molar-refractivity contribution in [3.63, 3.8) is 0 Å². The number of anilines is 1. The molecular formula is C32H33BrN6O2. The number of pyridine rings is 1. The van der Waals surface area contributed by atoms with Gasteiger partial charge in [-0.3, -0.25) is 4.79 Å². The zero-order valence-corrected chi connectivity index (χ0v) is 24.5. The van der Waals surface area contributed by atoms with E-state index < -0.39 is 0 Å². The zero-order chi connectivity index (χ0) is 28.2. The molecule has 2 aromatic heterocycles. The molecule has 0 radical (unpaired) electrons. The molecule has 0 bridgehead atoms. The van der Waals surface area contributed by atoms with Crippen molar-refractivity contribution < 1.29 is 9.53 Å². The second-order valence-corrected chi connectivity index (χ2v) is 11.4. The van der Waals surface area contributed by atoms with Crippen molar-refractivity contribution >= 4 is 27.7 Å². The van der Waals surface area contributed by atoms with Gasteiger partial charge < -0.3 is 20.3 Å². The third-order valence-corrected chi connectivity index (χ3v) is 8.38. The van der Waals surface area contributed by atoms with Gasteiger partial charge in [0.05, 0.1) is 5.69 Å². The highest BCUT2D eigenvalue weighted by molar-refractivity contribution is 9.10. The number of piperidine rings is 1. The van der Waals surface area contributed by atoms with Crippen LogP contribution in [0.15, 0.2) is 77.8 Å². The molecule has 2 aromatic carbocycles. The molecule has 210 valence electrons. The van der Waals surface area contributed by atoms with Crippen LogP contribution in [0.2, 0.25) is 0 Å². The van der Waals surface area contributed by atoms with Crippen LogP contribution in [0.25, 0.3) is 22.4 Å². The smallest absolute Gasteiger partial charge is 0.253 e. The van der Waals surface area contributed by atoms with Crippen LogP contribution >= 0.6 is 15.9 Å². The van der Waals surface area contributed by atoms with E-state index in [1.54, 1.807) is 12.4 Å². The summed E-state index contributed by atoms with van der Waals surface area (Å²) in [5, 5.41) is 0. The van der Waals surface area contributed by atoms with E-state index in [1.807, 2.05) is 65.6 Å². The van der Waals surface area contributed by atoms with E-state index in [2.05, 4.69) is 35.8 Å². The maximum Gasteiger partial charge on any atom is 0.253 e. The van der Waals surface area contributed by atoms with Crippen molar-refractivity contribution in [3.8, 4) is 28.1 Å². The average Bonchev–Trinajstić information content (AvgIpc) is 3.56. The number of nitrogen functional groups attached to an aromatic ring is 1. The Kier molecular flexibility index (Phi) is 8.25. The first-order valence-electron chi connectivity index (χ1n) is 14.1. The molecule has 2 aliphatic heterocycles. The lowest BCUT2D eigenvalue weighted by molar-refractivity contribution is 0.0644. The highest BCUT2D eigenvalue weighted by Crippen LogP contribution is 2.29. The van der Waals surface area contributed by atoms with E-state index in [-0.39, 0.29) is 5.91 Å². The van der Waals surface area contributed by atoms with Gasteiger partial charge in [-0.25, -0.2) is 15.0 Å². The van der Waals surface area contributed by atoms with Gasteiger partial charge in [0, 0.05) is 48.2 Å². The minimum absolute atomic E-state index is 0.104. The highest BCUT2D eigenvalue weighted by atomic mass is 79.9. The molecule has 1 amide bonds. The van der Waals surface area contributed by atoms with Crippen LogP contribution in [0.3, 0.4) is 0 Å². The van der Waals surface area contributed by atoms with Crippen LogP contribution < -0.4 is 10.5 Å². The predicted molar refractivity (Wildman–Crippen MR) is 163 cm³/mol. The van der Waals surface area contributed by atoms with Gasteiger partial charge in [-0.05, 0) is 96.2 Å². The number of nitrogens with zero attached hydrogens (tertiary/aromatic N) is 5. The lowest BCUT2D eigenvalue weighted by atomic mass is 10.0. The number of hydrogen-bond donors (Lipinski definition) is 1. The fourth-order valence-corrected chi connectivity index (χ4v) is 6.04. The van der Waals surface area contributed by atoms with Gasteiger partial charge in [0.2, 0.25) is 0 Å². The quantitative estimate of drug-likeness (QED) is 0.262. The summed E-state index contributed by atoms with van der Waals surface area (Å²) in [6, 6.07) is 20.1. The van der Waals surface area contributed by atoms with Gasteiger partial charge in [-0.2, -0.15) is 0 Å². The second-order valence-electron chi connectivity index (χ2n) is 10.7. The molecule has 2 N–H and O–H groups in total. The largest absolute Gasteiger partial charge is 0.485 e. The molecule has 2 saturated heterocycles. The maximum absolute atomic E-state index is 13.2. The number of amides is 1. The molecule has 4 heterocycles. The van der Waals surface area contributed by atoms with Crippen molar-refractivity contribution in [2.45, 2.75) is 38.3 Å². The third kappa shape index (κ3) is 6.41. The first-order valence-corrected chi connectivity index (χ1v) is 14.9. The Morgan fingerprint density at radius 1 is 0.927 bits per heavy atom. The molecule has 2 aliphatic rings. The molecule has 41 heavy (non-hydrogen) atoms. The molecule has 0 aliphatic carbocycles. The van der Waals surface area contributed by atoms with Crippen LogP contribution in [0.4, 0.5) is 5.82 Å². The van der Waals surface area contributed by atoms with Crippen LogP contribution in [0.1, 0.15) is 41.6 Å². The average molecular weight is 614 g/mol. The number of hydrogen-bond acceptors (Lipinski definition) is 7. The van der Waals surface area contributed by atoms with E-state index in [4.69, 9.17) is 10.5 Å². The summed E-state index contributed by atoms with van der Waals surface area (Å²) < 4.78 is 6.64. The Morgan fingerprint density at radius 3 is 2.46 bits per heavy atom. The maximum atomic E-state index is 13.2. The summed E-state index contributed by atoms with van der Waals surface area (Å²) in [6.07, 6.45) is 8.18. The van der Waals surface area contributed by atoms with E-state index in [0.717, 1.165) is 53.9 Å². The van der Waals surface area contributed by atoms with Crippen LogP contribution in [0, 0.1) is 0 Å². The lowest BCUT2D eigenvalue weighted by Gasteiger charge is -2.36. The van der Waals surface area contributed by atoms with E-state index in [9.17, 15) is 4.79 Å². The Morgan fingerprint density at radius 2 is 1.71 bits per heavy atom. The summed E-state index contributed by atoms with van der Waals surface area (Å²) in [6.45, 7) is 4.40. The van der Waals surface area contributed by atoms with Gasteiger partial charge in [0.1, 0.15) is 6.61 Å². The Labute approximate surface area is 248 Å². The predicted octanol–water partition coefficient (Wildman–Crippen LogP) is 5.83. The molecule has 0 spiro atoms. The molecular weight excluding hydrogens is 580 g/mol. The van der Waals surface area contributed by atoms with Gasteiger partial charge in [0.25, 0.3) is 5.91 Å². The SMILES string of the molecule is Nc1ncc(-c2ccc(C(=O)N3CCC(N4CCCC4)CC3)cc2)cc1OCc1cccc(-c2ccnc(Br)n2)c1. The number of carbonyl (C=O) groups excluding carboxylic acids is 1. The molecule has 6 rings (SSSR count). The summed E-state index contributed by atoms with van der Waals surface area (Å²) in [5.74, 6) is 0.944. The lowest BCUT2D eigenvalue weighted by Crippen LogP contribution is -2.45. The summed E-state index contributed by atoms with van der Waals surface area (Å²) in [7, 11) is 0. The van der Waals surface area contributed by atoms with Crippen molar-refractivity contribution in [1.82, 2.24) is 24.8 Å². The van der Waals surface area contributed by atoms with E-state index >= 15 is 0 Å². The topological polar surface area (TPSA) is 97.5 Å². The van der Waals surface area contributed by atoms with Gasteiger partial charge in [0.15, 0.2) is 16.3 Å². The molecule has 9 heteroatoms. The molecule has 0 unspecified atom stereocenters. The van der Waals surface area contributed by atoms with Gasteiger partial charge in [-0.1, -0.05) is 30.3 Å². The summed E-state index contributed by atoms with van der Waals surface area (Å²) >= 11 is 3.33. The van der Waals surface area contributed by atoms with Crippen molar-refractivity contribution in [2.75, 3.05) is 31.9 Å². The Balaban J connectivity index is 1.09. The highest BCUT2D eigenvalue weighted by Gasteiger charge is 2.28. The molecule has 0 atom stereocenters. The van der Waals surface area contributed by atoms with E-state index in [1.165, 1.54) is 25.9 Å². The molecule has 8 nitrogen and oxygen atoms in total. The van der Waals surface area contributed by atoms with E-state index in [0.29, 0.717) is 34.5 Å². The number of nitrogens with two attached hydrogens (primary N) is 1. The Hall–Kier alpha value is -3.82. The standard InChI is InChI=1S/C32H33BrN6O2/c33-32-35-13-10-28(37-32)25-5-3-4-22(18-25)21-41-29-19-26(20-36-30(29)34)23-6-8-24(9-7-23)31(40)39-16-11-27(12-17-39)38-14-1-2-15-38/h3-10,13,18-20,27H,1-2,11-12,14-17,21H2,(H2,34,36). The van der Waals surface area contributed by atoms with Gasteiger partial charge in [-0.15, -0.1) is 0 Å². The van der Waals surface area contributed by atoms with Crippen molar-refractivity contribution in [1.29, 1.82) is 0 Å². The van der Waals surface area contributed by atoms with Crippen molar-refractivity contribution in [2.24, 2.45) is 0 Å². The van der Waals surface area contributed by atoms with Crippen LogP contribution in [-0.2, 0) is 6.61 Å². The normalized spacial score (nSPS) is 16.2. The Bertz CT molecular complexity index is 1520. The van der Waals surface area contributed by atoms with Crippen molar-refractivity contribution in [3.05, 3.63) is 88.9 Å². The number of carbonyl (C=O) groups is 1. The fourth-order valence-electron chi connectivity index (χ4n) is 5.73. The first kappa shape index (κ1) is 27.4. The first-order chi connectivity index (χ1) is 20.0. The molecule has 4 aromatic rings. The summed E-state index contributed by atoms with van der Waals surface area (Å²) in [4.78, 5) is 30.7. The van der Waals surface area contributed by atoms with Gasteiger partial charge >= 0.3 is 0 Å².